The van der Waals surface area contributed by atoms with Crippen molar-refractivity contribution in [2.45, 2.75) is 13.0 Å². The first-order chi connectivity index (χ1) is 10.7. The Hall–Kier alpha value is -2.66. The van der Waals surface area contributed by atoms with Crippen molar-refractivity contribution < 1.29 is 9.59 Å². The molecule has 0 saturated carbocycles. The number of hydrogen-bond acceptors (Lipinski definition) is 3. The summed E-state index contributed by atoms with van der Waals surface area (Å²) in [6, 6.07) is 18.6. The minimum Gasteiger partial charge on any atom is -0.302 e. The molecule has 0 fully saturated rings. The fourth-order valence-electron chi connectivity index (χ4n) is 1.94. The zero-order chi connectivity index (χ0) is 15.8. The van der Waals surface area contributed by atoms with Crippen molar-refractivity contribution in [2.24, 2.45) is 0 Å². The molecule has 3 N–H and O–H groups in total. The first-order valence-electron chi connectivity index (χ1n) is 7.09. The van der Waals surface area contributed by atoms with Crippen molar-refractivity contribution >= 4 is 11.8 Å². The van der Waals surface area contributed by atoms with Crippen LogP contribution in [0.3, 0.4) is 0 Å². The predicted octanol–water partition coefficient (Wildman–Crippen LogP) is 1.80. The Labute approximate surface area is 129 Å². The Morgan fingerprint density at radius 3 is 2.14 bits per heavy atom. The maximum atomic E-state index is 11.8. The van der Waals surface area contributed by atoms with E-state index in [0.29, 0.717) is 5.56 Å². The molecule has 0 saturated heterocycles. The van der Waals surface area contributed by atoms with Gasteiger partial charge in [-0.05, 0) is 24.6 Å². The van der Waals surface area contributed by atoms with Gasteiger partial charge in [0.2, 0.25) is 0 Å². The molecular formula is C17H19N3O2. The van der Waals surface area contributed by atoms with Crippen LogP contribution in [-0.2, 0) is 4.79 Å². The third kappa shape index (κ3) is 4.71. The van der Waals surface area contributed by atoms with E-state index in [0.717, 1.165) is 5.56 Å². The lowest BCUT2D eigenvalue weighted by atomic mass is 10.1. The molecule has 2 aromatic rings. The summed E-state index contributed by atoms with van der Waals surface area (Å²) in [5.41, 5.74) is 6.36. The number of carbonyl (C=O) groups is 2. The molecule has 114 valence electrons. The summed E-state index contributed by atoms with van der Waals surface area (Å²) in [5, 5.41) is 3.10. The van der Waals surface area contributed by atoms with Crippen molar-refractivity contribution in [3.63, 3.8) is 0 Å². The summed E-state index contributed by atoms with van der Waals surface area (Å²) in [6.45, 7) is 2.09. The molecule has 0 aromatic heterocycles. The van der Waals surface area contributed by atoms with E-state index in [4.69, 9.17) is 0 Å². The van der Waals surface area contributed by atoms with Gasteiger partial charge in [-0.2, -0.15) is 0 Å². The quantitative estimate of drug-likeness (QED) is 0.737. The Morgan fingerprint density at radius 2 is 1.50 bits per heavy atom. The molecule has 0 bridgehead atoms. The second kappa shape index (κ2) is 7.95. The number of benzene rings is 2. The van der Waals surface area contributed by atoms with Crippen LogP contribution in [-0.4, -0.2) is 18.4 Å². The lowest BCUT2D eigenvalue weighted by molar-refractivity contribution is -0.121. The second-order valence-electron chi connectivity index (χ2n) is 4.88. The van der Waals surface area contributed by atoms with Gasteiger partial charge < -0.3 is 5.32 Å². The standard InChI is InChI=1S/C17H19N3O2/c1-13(14-8-4-2-5-9-14)18-12-16(21)19-20-17(22)15-10-6-3-7-11-15/h2-11,13,18H,12H2,1H3,(H,19,21)(H,20,22)/t13-/m0/s1. The van der Waals surface area contributed by atoms with Gasteiger partial charge in [0.05, 0.1) is 6.54 Å². The summed E-state index contributed by atoms with van der Waals surface area (Å²) in [7, 11) is 0. The van der Waals surface area contributed by atoms with Gasteiger partial charge in [-0.15, -0.1) is 0 Å². The average Bonchev–Trinajstić information content (AvgIpc) is 2.59. The SMILES string of the molecule is C[C@H](NCC(=O)NNC(=O)c1ccccc1)c1ccccc1. The van der Waals surface area contributed by atoms with Crippen LogP contribution in [0.25, 0.3) is 0 Å². The number of amides is 2. The molecule has 0 heterocycles. The highest BCUT2D eigenvalue weighted by atomic mass is 16.2. The highest BCUT2D eigenvalue weighted by Crippen LogP contribution is 2.10. The molecule has 0 aliphatic rings. The van der Waals surface area contributed by atoms with Crippen LogP contribution in [0.4, 0.5) is 0 Å². The second-order valence-corrected chi connectivity index (χ2v) is 4.88. The normalized spacial score (nSPS) is 11.5. The van der Waals surface area contributed by atoms with Gasteiger partial charge in [0.25, 0.3) is 11.8 Å². The maximum absolute atomic E-state index is 11.8. The van der Waals surface area contributed by atoms with Gasteiger partial charge in [0.15, 0.2) is 0 Å². The van der Waals surface area contributed by atoms with E-state index in [2.05, 4.69) is 16.2 Å². The summed E-state index contributed by atoms with van der Waals surface area (Å²) < 4.78 is 0. The summed E-state index contributed by atoms with van der Waals surface area (Å²) >= 11 is 0. The van der Waals surface area contributed by atoms with E-state index >= 15 is 0 Å². The predicted molar refractivity (Wildman–Crippen MR) is 84.9 cm³/mol. The first kappa shape index (κ1) is 15.7. The van der Waals surface area contributed by atoms with Crippen LogP contribution in [0.2, 0.25) is 0 Å². The highest BCUT2D eigenvalue weighted by molar-refractivity contribution is 5.95. The van der Waals surface area contributed by atoms with Crippen LogP contribution in [0, 0.1) is 0 Å². The Bertz CT molecular complexity index is 614. The zero-order valence-corrected chi connectivity index (χ0v) is 12.4. The lowest BCUT2D eigenvalue weighted by Crippen LogP contribution is -2.45. The van der Waals surface area contributed by atoms with Crippen molar-refractivity contribution in [3.05, 3.63) is 71.8 Å². The van der Waals surface area contributed by atoms with Crippen LogP contribution in [0.1, 0.15) is 28.9 Å². The topological polar surface area (TPSA) is 70.2 Å². The first-order valence-corrected chi connectivity index (χ1v) is 7.09. The van der Waals surface area contributed by atoms with Crippen LogP contribution in [0.5, 0.6) is 0 Å². The van der Waals surface area contributed by atoms with Crippen molar-refractivity contribution in [1.29, 1.82) is 0 Å². The van der Waals surface area contributed by atoms with Gasteiger partial charge in [0, 0.05) is 11.6 Å². The third-order valence-electron chi connectivity index (χ3n) is 3.22. The van der Waals surface area contributed by atoms with Crippen molar-refractivity contribution in [2.75, 3.05) is 6.54 Å². The van der Waals surface area contributed by atoms with Crippen molar-refractivity contribution in [3.8, 4) is 0 Å². The number of hydrazine groups is 1. The molecule has 5 heteroatoms. The summed E-state index contributed by atoms with van der Waals surface area (Å²) in [5.74, 6) is -0.642. The highest BCUT2D eigenvalue weighted by Gasteiger charge is 2.09. The monoisotopic (exact) mass is 297 g/mol. The molecule has 0 aliphatic heterocycles. The van der Waals surface area contributed by atoms with Gasteiger partial charge in [-0.1, -0.05) is 48.5 Å². The van der Waals surface area contributed by atoms with Crippen LogP contribution in [0.15, 0.2) is 60.7 Å². The molecule has 0 radical (unpaired) electrons. The van der Waals surface area contributed by atoms with Gasteiger partial charge in [-0.25, -0.2) is 0 Å². The van der Waals surface area contributed by atoms with Crippen LogP contribution < -0.4 is 16.2 Å². The molecule has 0 unspecified atom stereocenters. The summed E-state index contributed by atoms with van der Waals surface area (Å²) in [4.78, 5) is 23.5. The van der Waals surface area contributed by atoms with Crippen molar-refractivity contribution in [1.82, 2.24) is 16.2 Å². The number of nitrogens with one attached hydrogen (secondary N) is 3. The Kier molecular flexibility index (Phi) is 5.68. The minimum absolute atomic E-state index is 0.0526. The largest absolute Gasteiger partial charge is 0.302 e. The molecule has 0 aliphatic carbocycles. The lowest BCUT2D eigenvalue weighted by Gasteiger charge is -2.14. The van der Waals surface area contributed by atoms with E-state index in [1.807, 2.05) is 43.3 Å². The van der Waals surface area contributed by atoms with Gasteiger partial charge in [-0.3, -0.25) is 20.4 Å². The summed E-state index contributed by atoms with van der Waals surface area (Å²) in [6.07, 6.45) is 0. The number of rotatable bonds is 5. The fourth-order valence-corrected chi connectivity index (χ4v) is 1.94. The molecule has 5 nitrogen and oxygen atoms in total. The molecule has 2 aromatic carbocycles. The van der Waals surface area contributed by atoms with E-state index < -0.39 is 0 Å². The third-order valence-corrected chi connectivity index (χ3v) is 3.22. The Morgan fingerprint density at radius 1 is 0.909 bits per heavy atom. The fraction of sp³-hybridized carbons (Fsp3) is 0.176. The average molecular weight is 297 g/mol. The van der Waals surface area contributed by atoms with Gasteiger partial charge in [0.1, 0.15) is 0 Å². The number of carbonyl (C=O) groups excluding carboxylic acids is 2. The molecular weight excluding hydrogens is 278 g/mol. The van der Waals surface area contributed by atoms with E-state index in [1.54, 1.807) is 24.3 Å². The molecule has 2 rings (SSSR count). The molecule has 0 spiro atoms. The maximum Gasteiger partial charge on any atom is 0.269 e. The molecule has 1 atom stereocenters. The molecule has 22 heavy (non-hydrogen) atoms. The Balaban J connectivity index is 1.73. The van der Waals surface area contributed by atoms with Gasteiger partial charge >= 0.3 is 0 Å². The zero-order valence-electron chi connectivity index (χ0n) is 12.4. The smallest absolute Gasteiger partial charge is 0.269 e. The van der Waals surface area contributed by atoms with E-state index in [-0.39, 0.29) is 24.4 Å². The van der Waals surface area contributed by atoms with E-state index in [1.165, 1.54) is 0 Å². The molecule has 2 amide bonds. The minimum atomic E-state index is -0.343. The van der Waals surface area contributed by atoms with Crippen LogP contribution >= 0.6 is 0 Å². The van der Waals surface area contributed by atoms with E-state index in [9.17, 15) is 9.59 Å². The number of hydrogen-bond donors (Lipinski definition) is 3.